The number of para-hydroxylation sites is 2. The third-order valence-electron chi connectivity index (χ3n) is 14.5. The van der Waals surface area contributed by atoms with Crippen molar-refractivity contribution >= 4 is 53.4 Å². The minimum absolute atomic E-state index is 0.0107. The Morgan fingerprint density at radius 3 is 1.06 bits per heavy atom. The van der Waals surface area contributed by atoms with Crippen LogP contribution in [0.5, 0.6) is 17.2 Å². The molecule has 0 saturated carbocycles. The fourth-order valence-corrected chi connectivity index (χ4v) is 9.40. The summed E-state index contributed by atoms with van der Waals surface area (Å²) in [4.78, 5) is 108. The zero-order chi connectivity index (χ0) is 79.3. The minimum Gasteiger partial charge on any atom is -0.494 e. The number of aryl methyl sites for hydroxylation is 1. The van der Waals surface area contributed by atoms with Crippen LogP contribution < -0.4 is 46.1 Å². The number of hydrogen-bond donors (Lipinski definition) is 8. The molecule has 27 nitrogen and oxygen atoms in total. The van der Waals surface area contributed by atoms with Gasteiger partial charge in [-0.2, -0.15) is 54.8 Å². The van der Waals surface area contributed by atoms with Crippen LogP contribution in [-0.2, 0) is 28.0 Å². The van der Waals surface area contributed by atoms with Crippen molar-refractivity contribution in [3.63, 3.8) is 0 Å². The van der Waals surface area contributed by atoms with E-state index in [2.05, 4.69) is 56.7 Å². The zero-order valence-corrected chi connectivity index (χ0v) is 58.3. The second-order valence-electron chi connectivity index (χ2n) is 21.9. The lowest BCUT2D eigenvalue weighted by atomic mass is 10.1. The van der Waals surface area contributed by atoms with E-state index in [1.54, 1.807) is 84.0 Å². The van der Waals surface area contributed by atoms with Crippen LogP contribution in [-0.4, -0.2) is 162 Å². The maximum Gasteiger partial charge on any atom is 0.435 e. The van der Waals surface area contributed by atoms with E-state index in [0.717, 1.165) is 35.9 Å². The molecule has 8 N–H and O–H groups in total. The van der Waals surface area contributed by atoms with Gasteiger partial charge < -0.3 is 60.7 Å². The number of carboxylic acids is 1. The molecule has 0 spiro atoms. The molecule has 0 unspecified atom stereocenters. The van der Waals surface area contributed by atoms with E-state index >= 15 is 0 Å². The van der Waals surface area contributed by atoms with Gasteiger partial charge in [0.15, 0.2) is 17.1 Å². The number of aromatic carboxylic acids is 1. The number of carboxylic acid groups (broad SMARTS) is 1. The number of amides is 6. The number of H-pyrrole nitrogens is 1. The number of esters is 2. The Morgan fingerprint density at radius 1 is 0.407 bits per heavy atom. The number of aromatic amines is 1. The van der Waals surface area contributed by atoms with Crippen molar-refractivity contribution in [2.24, 2.45) is 0 Å². The highest BCUT2D eigenvalue weighted by Gasteiger charge is 2.41. The Morgan fingerprint density at radius 2 is 0.722 bits per heavy atom. The minimum atomic E-state index is -4.96. The Kier molecular flexibility index (Phi) is 30.9. The van der Waals surface area contributed by atoms with E-state index in [0.29, 0.717) is 64.0 Å². The van der Waals surface area contributed by atoms with E-state index < -0.39 is 93.8 Å². The predicted molar refractivity (Wildman–Crippen MR) is 368 cm³/mol. The highest BCUT2D eigenvalue weighted by Crippen LogP contribution is 2.34. The van der Waals surface area contributed by atoms with Crippen molar-refractivity contribution in [1.82, 2.24) is 61.7 Å². The molecule has 0 radical (unpaired) electrons. The van der Waals surface area contributed by atoms with E-state index in [1.807, 2.05) is 45.9 Å². The Balaban J connectivity index is 0.000000238. The van der Waals surface area contributed by atoms with E-state index in [4.69, 9.17) is 14.2 Å². The quantitative estimate of drug-likeness (QED) is 0.0142. The number of rotatable bonds is 26. The first-order valence-corrected chi connectivity index (χ1v) is 32.3. The summed E-state index contributed by atoms with van der Waals surface area (Å²) in [6.07, 6.45) is -12.1. The van der Waals surface area contributed by atoms with Gasteiger partial charge in [0, 0.05) is 68.4 Å². The number of carbonyl (C=O) groups excluding carboxylic acids is 8. The topological polar surface area (TPSA) is 357 Å². The normalized spacial score (nSPS) is 10.9. The largest absolute Gasteiger partial charge is 0.494 e. The fraction of sp³-hybridized carbons (Fsp3) is 0.250. The highest BCUT2D eigenvalue weighted by molar-refractivity contribution is 5.99. The number of nitrogens with zero attached hydrogens (tertiary/aromatic N) is 5. The molecule has 3 heterocycles. The van der Waals surface area contributed by atoms with Gasteiger partial charge in [-0.3, -0.25) is 33.9 Å². The molecule has 0 atom stereocenters. The predicted octanol–water partition coefficient (Wildman–Crippen LogP) is 10.2. The molecule has 572 valence electrons. The van der Waals surface area contributed by atoms with Crippen LogP contribution in [0.25, 0.3) is 11.4 Å². The molecule has 0 saturated heterocycles. The first-order chi connectivity index (χ1) is 51.3. The number of hydrogen-bond acceptors (Lipinski definition) is 17. The van der Waals surface area contributed by atoms with Crippen LogP contribution in [0.4, 0.5) is 39.5 Å². The average molecular weight is 1520 g/mol. The van der Waals surface area contributed by atoms with Crippen LogP contribution in [0.2, 0.25) is 0 Å². The van der Waals surface area contributed by atoms with Gasteiger partial charge in [0.25, 0.3) is 35.4 Å². The van der Waals surface area contributed by atoms with Crippen molar-refractivity contribution < 1.29 is 111 Å². The third kappa shape index (κ3) is 24.3. The second kappa shape index (κ2) is 39.7. The lowest BCUT2D eigenvalue weighted by molar-refractivity contribution is -0.142. The van der Waals surface area contributed by atoms with Crippen molar-refractivity contribution in [3.8, 4) is 28.6 Å². The Labute approximate surface area is 609 Å². The summed E-state index contributed by atoms with van der Waals surface area (Å²) >= 11 is 0. The van der Waals surface area contributed by atoms with Crippen LogP contribution in [0.3, 0.4) is 0 Å². The molecule has 108 heavy (non-hydrogen) atoms. The van der Waals surface area contributed by atoms with Crippen molar-refractivity contribution in [1.29, 1.82) is 0 Å². The third-order valence-corrected chi connectivity index (χ3v) is 14.5. The molecular formula is C72H71F9N12O15. The maximum absolute atomic E-state index is 13.6. The van der Waals surface area contributed by atoms with Crippen LogP contribution in [0.1, 0.15) is 137 Å². The lowest BCUT2D eigenvalue weighted by Crippen LogP contribution is -2.35. The Bertz CT molecular complexity index is 4560. The number of benzene rings is 6. The molecule has 36 heteroatoms. The molecule has 0 aliphatic rings. The molecule has 6 amide bonds. The molecule has 3 aromatic heterocycles. The molecule has 0 bridgehead atoms. The average Bonchev–Trinajstić information content (AvgIpc) is 1.65. The zero-order valence-electron chi connectivity index (χ0n) is 58.3. The fourth-order valence-electron chi connectivity index (χ4n) is 9.40. The number of methoxy groups -OCH3 is 2. The van der Waals surface area contributed by atoms with Crippen LogP contribution in [0, 0.1) is 6.92 Å². The first kappa shape index (κ1) is 83.9. The summed E-state index contributed by atoms with van der Waals surface area (Å²) in [6, 6.07) is 37.6. The molecule has 0 aliphatic heterocycles. The van der Waals surface area contributed by atoms with Gasteiger partial charge in [-0.05, 0) is 136 Å². The van der Waals surface area contributed by atoms with Gasteiger partial charge in [0.1, 0.15) is 17.2 Å². The maximum atomic E-state index is 13.6. The molecule has 6 aromatic carbocycles. The summed E-state index contributed by atoms with van der Waals surface area (Å²) in [5, 5.41) is 35.8. The van der Waals surface area contributed by atoms with Gasteiger partial charge in [0.2, 0.25) is 0 Å². The Hall–Kier alpha value is -13.1. The first-order valence-electron chi connectivity index (χ1n) is 32.3. The van der Waals surface area contributed by atoms with E-state index in [-0.39, 0.29) is 73.6 Å². The van der Waals surface area contributed by atoms with Gasteiger partial charge in [-0.25, -0.2) is 23.7 Å². The highest BCUT2D eigenvalue weighted by atomic mass is 19.4. The van der Waals surface area contributed by atoms with Gasteiger partial charge >= 0.3 is 36.4 Å². The van der Waals surface area contributed by atoms with Crippen LogP contribution in [0.15, 0.2) is 164 Å². The monoisotopic (exact) mass is 1510 g/mol. The SMILES string of the molecule is CCOc1ccc(C(=O)NCCNC(=O)c2cn(-c3ccccc3C(=O)O)nc2C(F)(F)F)cc1.CCOc1ccc(C(=O)NCCNC(=O)c2cn(-c3ccccc3C(=O)OC)nc2C(F)(F)F)cc1.CCOc1ccc(C(=O)NCCNC(=O)c2cn[nH]c2C(F)(F)F)cc1.COC(=O)c1ccccc1C. The summed E-state index contributed by atoms with van der Waals surface area (Å²) in [7, 11) is 2.52. The molecule has 9 rings (SSSR count). The van der Waals surface area contributed by atoms with E-state index in [9.17, 15) is 87.8 Å². The number of carbonyl (C=O) groups is 9. The van der Waals surface area contributed by atoms with Crippen molar-refractivity contribution in [2.75, 3.05) is 73.3 Å². The van der Waals surface area contributed by atoms with E-state index in [1.165, 1.54) is 55.6 Å². The number of aromatic nitrogens is 6. The van der Waals surface area contributed by atoms with Crippen molar-refractivity contribution in [2.45, 2.75) is 46.2 Å². The molecular weight excluding hydrogens is 1440 g/mol. The van der Waals surface area contributed by atoms with Gasteiger partial charge in [-0.1, -0.05) is 42.5 Å². The molecule has 0 fully saturated rings. The number of ether oxygens (including phenoxy) is 5. The smallest absolute Gasteiger partial charge is 0.435 e. The summed E-state index contributed by atoms with van der Waals surface area (Å²) in [5.41, 5.74) is -3.97. The standard InChI is InChI=1S/C24H23F3N4O5.C23H21F3N4O5.C16H17F3N4O3.C9H10O2/c1-3-36-16-10-8-15(9-11-16)21(32)28-12-13-29-22(33)18-14-31(30-20(18)24(25,26)27)19-7-5-4-6-17(19)23(34)35-2;1-2-35-15-9-7-14(8-10-15)20(31)27-11-12-28-21(32)17-13-30(29-19(17)23(24,25)26)18-6-4-3-5-16(18)22(33)34;1-2-26-11-5-3-10(4-6-11)14(24)20-7-8-21-15(25)12-9-22-23-13(12)16(17,18)19;1-7-5-3-4-6-8(7)9(10)11-2/h4-11,14H,3,12-13H2,1-2H3,(H,28,32)(H,29,33);3-10,13H,2,11-12H2,1H3,(H,27,31)(H,28,32)(H,33,34);3-6,9H,2,7-8H2,1H3,(H,20,24)(H,21,25)(H,22,23);3-6H,1-2H3. The second-order valence-corrected chi connectivity index (χ2v) is 21.9. The van der Waals surface area contributed by atoms with Gasteiger partial charge in [0.05, 0.1) is 85.0 Å². The molecule has 0 aliphatic carbocycles. The number of halogens is 9. The molecule has 9 aromatic rings. The summed E-state index contributed by atoms with van der Waals surface area (Å²) in [6.45, 7) is 8.50. The van der Waals surface area contributed by atoms with Crippen molar-refractivity contribution in [3.05, 3.63) is 237 Å². The van der Waals surface area contributed by atoms with Crippen LogP contribution >= 0.6 is 0 Å². The number of nitrogens with one attached hydrogen (secondary N) is 7. The summed E-state index contributed by atoms with van der Waals surface area (Å²) < 4.78 is 146. The number of alkyl halides is 9. The lowest BCUT2D eigenvalue weighted by Gasteiger charge is -2.09. The van der Waals surface area contributed by atoms with Gasteiger partial charge in [-0.15, -0.1) is 0 Å². The summed E-state index contributed by atoms with van der Waals surface area (Å²) in [5.74, 6) is -4.84.